The molecule has 0 saturated carbocycles. The first-order chi connectivity index (χ1) is 12.3. The molecule has 1 amide bonds. The zero-order chi connectivity index (χ0) is 19.3. The van der Waals surface area contributed by atoms with Crippen LogP contribution in [0, 0.1) is 19.8 Å². The molecule has 1 aliphatic rings. The Balaban J connectivity index is 1.88. The number of rotatable bonds is 8. The van der Waals surface area contributed by atoms with Gasteiger partial charge in [0, 0.05) is 32.1 Å². The van der Waals surface area contributed by atoms with Crippen molar-refractivity contribution in [2.24, 2.45) is 5.92 Å². The van der Waals surface area contributed by atoms with Gasteiger partial charge in [0.1, 0.15) is 10.6 Å². The second-order valence-corrected chi connectivity index (χ2v) is 8.52. The fourth-order valence-corrected chi connectivity index (χ4v) is 5.11. The highest BCUT2D eigenvalue weighted by atomic mass is 32.2. The fourth-order valence-electron chi connectivity index (χ4n) is 3.35. The molecule has 2 heterocycles. The molecule has 1 aliphatic heterocycles. The van der Waals surface area contributed by atoms with Crippen molar-refractivity contribution in [3.05, 3.63) is 11.5 Å². The van der Waals surface area contributed by atoms with Gasteiger partial charge in [-0.25, -0.2) is 8.42 Å². The number of carbonyl (C=O) groups is 1. The van der Waals surface area contributed by atoms with Crippen LogP contribution >= 0.6 is 0 Å². The van der Waals surface area contributed by atoms with Gasteiger partial charge in [-0.05, 0) is 39.8 Å². The minimum Gasteiger partial charge on any atom is -0.360 e. The molecule has 26 heavy (non-hydrogen) atoms. The number of aromatic nitrogens is 1. The van der Waals surface area contributed by atoms with Gasteiger partial charge in [0.15, 0.2) is 5.76 Å². The van der Waals surface area contributed by atoms with E-state index in [0.29, 0.717) is 43.9 Å². The first-order valence-corrected chi connectivity index (χ1v) is 10.7. The lowest BCUT2D eigenvalue weighted by molar-refractivity contribution is -0.126. The first kappa shape index (κ1) is 20.9. The number of carbonyl (C=O) groups excluding carboxylic acids is 1. The largest absolute Gasteiger partial charge is 0.360 e. The lowest BCUT2D eigenvalue weighted by Gasteiger charge is -2.30. The van der Waals surface area contributed by atoms with Crippen LogP contribution in [0.2, 0.25) is 0 Å². The van der Waals surface area contributed by atoms with Gasteiger partial charge in [-0.1, -0.05) is 19.0 Å². The van der Waals surface area contributed by atoms with Crippen molar-refractivity contribution in [1.82, 2.24) is 19.7 Å². The lowest BCUT2D eigenvalue weighted by atomic mass is 9.97. The molecule has 1 fully saturated rings. The summed E-state index contributed by atoms with van der Waals surface area (Å²) >= 11 is 0. The van der Waals surface area contributed by atoms with Crippen LogP contribution in [-0.2, 0) is 14.8 Å². The maximum atomic E-state index is 12.8. The van der Waals surface area contributed by atoms with Gasteiger partial charge in [-0.3, -0.25) is 4.79 Å². The Morgan fingerprint density at radius 3 is 2.38 bits per heavy atom. The zero-order valence-corrected chi connectivity index (χ0v) is 16.9. The van der Waals surface area contributed by atoms with Gasteiger partial charge in [-0.15, -0.1) is 0 Å². The predicted octanol–water partition coefficient (Wildman–Crippen LogP) is 1.15. The van der Waals surface area contributed by atoms with Crippen molar-refractivity contribution in [1.29, 1.82) is 0 Å². The normalized spacial score (nSPS) is 17.0. The molecule has 1 N–H and O–H groups in total. The van der Waals surface area contributed by atoms with E-state index >= 15 is 0 Å². The number of likely N-dealkylation sites (N-methyl/N-ethyl adjacent to an activating group) is 1. The highest BCUT2D eigenvalue weighted by Gasteiger charge is 2.35. The highest BCUT2D eigenvalue weighted by molar-refractivity contribution is 7.89. The molecule has 2 rings (SSSR count). The molecule has 9 heteroatoms. The molecule has 1 aromatic heterocycles. The number of aryl methyl sites for hydroxylation is 2. The van der Waals surface area contributed by atoms with Crippen LogP contribution in [0.1, 0.15) is 38.1 Å². The van der Waals surface area contributed by atoms with Crippen LogP contribution < -0.4 is 5.32 Å². The SMILES string of the molecule is CCN(CC)CCNC(=O)C1CCN(S(=O)(=O)c2c(C)noc2C)CC1. The van der Waals surface area contributed by atoms with Crippen molar-refractivity contribution in [2.75, 3.05) is 39.3 Å². The summed E-state index contributed by atoms with van der Waals surface area (Å²) in [5, 5.41) is 6.71. The standard InChI is InChI=1S/C17H30N4O4S/c1-5-20(6-2)12-9-18-17(22)15-7-10-21(11-8-15)26(23,24)16-13(3)19-25-14(16)4/h15H,5-12H2,1-4H3,(H,18,22). The Morgan fingerprint density at radius 2 is 1.88 bits per heavy atom. The average Bonchev–Trinajstić information content (AvgIpc) is 2.97. The van der Waals surface area contributed by atoms with E-state index in [1.165, 1.54) is 4.31 Å². The molecule has 0 radical (unpaired) electrons. The van der Waals surface area contributed by atoms with E-state index in [2.05, 4.69) is 29.2 Å². The Labute approximate surface area is 155 Å². The van der Waals surface area contributed by atoms with Gasteiger partial charge in [-0.2, -0.15) is 4.31 Å². The summed E-state index contributed by atoms with van der Waals surface area (Å²) in [5.41, 5.74) is 0.374. The van der Waals surface area contributed by atoms with Crippen molar-refractivity contribution < 1.29 is 17.7 Å². The third kappa shape index (κ3) is 4.63. The topological polar surface area (TPSA) is 95.8 Å². The number of hydrogen-bond donors (Lipinski definition) is 1. The maximum absolute atomic E-state index is 12.8. The summed E-state index contributed by atoms with van der Waals surface area (Å²) in [6.45, 7) is 11.5. The van der Waals surface area contributed by atoms with Crippen molar-refractivity contribution >= 4 is 15.9 Å². The van der Waals surface area contributed by atoms with Gasteiger partial charge < -0.3 is 14.7 Å². The van der Waals surface area contributed by atoms with E-state index in [1.807, 2.05) is 0 Å². The average molecular weight is 387 g/mol. The molecule has 0 aliphatic carbocycles. The summed E-state index contributed by atoms with van der Waals surface area (Å²) < 4.78 is 32.0. The first-order valence-electron chi connectivity index (χ1n) is 9.24. The van der Waals surface area contributed by atoms with Crippen LogP contribution in [0.15, 0.2) is 9.42 Å². The fraction of sp³-hybridized carbons (Fsp3) is 0.765. The Bertz CT molecular complexity index is 685. The Morgan fingerprint density at radius 1 is 1.27 bits per heavy atom. The van der Waals surface area contributed by atoms with Crippen molar-refractivity contribution in [3.63, 3.8) is 0 Å². The minimum atomic E-state index is -3.63. The van der Waals surface area contributed by atoms with Crippen LogP contribution in [0.5, 0.6) is 0 Å². The summed E-state index contributed by atoms with van der Waals surface area (Å²) in [4.78, 5) is 14.7. The van der Waals surface area contributed by atoms with Crippen molar-refractivity contribution in [2.45, 2.75) is 45.4 Å². The lowest BCUT2D eigenvalue weighted by Crippen LogP contribution is -2.44. The molecule has 1 aromatic rings. The number of hydrogen-bond acceptors (Lipinski definition) is 6. The number of piperidine rings is 1. The number of amides is 1. The van der Waals surface area contributed by atoms with Crippen LogP contribution in [0.25, 0.3) is 0 Å². The molecular weight excluding hydrogens is 356 g/mol. The van der Waals surface area contributed by atoms with E-state index in [4.69, 9.17) is 4.52 Å². The monoisotopic (exact) mass is 386 g/mol. The summed E-state index contributed by atoms with van der Waals surface area (Å²) in [6.07, 6.45) is 1.05. The van der Waals surface area contributed by atoms with E-state index in [9.17, 15) is 13.2 Å². The summed E-state index contributed by atoms with van der Waals surface area (Å²) in [6, 6.07) is 0. The van der Waals surface area contributed by atoms with Gasteiger partial charge in [0.05, 0.1) is 0 Å². The van der Waals surface area contributed by atoms with E-state index < -0.39 is 10.0 Å². The van der Waals surface area contributed by atoms with E-state index in [0.717, 1.165) is 19.6 Å². The molecule has 0 aromatic carbocycles. The third-order valence-corrected chi connectivity index (χ3v) is 7.16. The number of nitrogens with one attached hydrogen (secondary N) is 1. The maximum Gasteiger partial charge on any atom is 0.248 e. The molecule has 1 saturated heterocycles. The molecule has 148 valence electrons. The van der Waals surface area contributed by atoms with Crippen LogP contribution in [0.4, 0.5) is 0 Å². The number of sulfonamides is 1. The third-order valence-electron chi connectivity index (χ3n) is 5.01. The van der Waals surface area contributed by atoms with Gasteiger partial charge in [0.2, 0.25) is 15.9 Å². The van der Waals surface area contributed by atoms with Crippen LogP contribution in [0.3, 0.4) is 0 Å². The molecule has 0 atom stereocenters. The second kappa shape index (κ2) is 8.96. The quantitative estimate of drug-likeness (QED) is 0.720. The Hall–Kier alpha value is -1.45. The van der Waals surface area contributed by atoms with E-state index in [-0.39, 0.29) is 16.7 Å². The molecule has 0 spiro atoms. The smallest absolute Gasteiger partial charge is 0.248 e. The zero-order valence-electron chi connectivity index (χ0n) is 16.1. The molecule has 0 unspecified atom stereocenters. The van der Waals surface area contributed by atoms with Gasteiger partial charge in [0.25, 0.3) is 0 Å². The van der Waals surface area contributed by atoms with Crippen molar-refractivity contribution in [3.8, 4) is 0 Å². The van der Waals surface area contributed by atoms with Crippen LogP contribution in [-0.4, -0.2) is 68.0 Å². The summed E-state index contributed by atoms with van der Waals surface area (Å²) in [5.74, 6) is 0.188. The minimum absolute atomic E-state index is 0.0199. The second-order valence-electron chi connectivity index (χ2n) is 6.65. The summed E-state index contributed by atoms with van der Waals surface area (Å²) in [7, 11) is -3.63. The molecular formula is C17H30N4O4S. The van der Waals surface area contributed by atoms with E-state index in [1.54, 1.807) is 13.8 Å². The molecule has 0 bridgehead atoms. The van der Waals surface area contributed by atoms with Gasteiger partial charge >= 0.3 is 0 Å². The highest BCUT2D eigenvalue weighted by Crippen LogP contribution is 2.27. The number of nitrogens with zero attached hydrogens (tertiary/aromatic N) is 3. The molecule has 8 nitrogen and oxygen atoms in total. The Kier molecular flexibility index (Phi) is 7.19. The predicted molar refractivity (Wildman–Crippen MR) is 98.3 cm³/mol.